The second-order valence-electron chi connectivity index (χ2n) is 5.24. The molecule has 4 heteroatoms. The third-order valence-electron chi connectivity index (χ3n) is 3.71. The number of aliphatic hydroxyl groups excluding tert-OH is 1. The van der Waals surface area contributed by atoms with Gasteiger partial charge in [0.15, 0.2) is 0 Å². The highest BCUT2D eigenvalue weighted by Gasteiger charge is 2.31. The lowest BCUT2D eigenvalue weighted by atomic mass is 9.85. The highest BCUT2D eigenvalue weighted by Crippen LogP contribution is 2.33. The molecule has 1 aliphatic carbocycles. The molecule has 1 aromatic rings. The third kappa shape index (κ3) is 2.65. The summed E-state index contributed by atoms with van der Waals surface area (Å²) in [6.07, 6.45) is 12.9. The van der Waals surface area contributed by atoms with E-state index < -0.39 is 0 Å². The summed E-state index contributed by atoms with van der Waals surface area (Å²) in [5.41, 5.74) is 3.34. The number of hydrogen-bond acceptors (Lipinski definition) is 4. The average Bonchev–Trinajstić information content (AvgIpc) is 2.88. The van der Waals surface area contributed by atoms with Crippen LogP contribution in [0, 0.1) is 11.3 Å². The Balaban J connectivity index is 1.98. The number of pyridine rings is 1. The van der Waals surface area contributed by atoms with Crippen molar-refractivity contribution < 1.29 is 5.11 Å². The molecule has 4 nitrogen and oxygen atoms in total. The van der Waals surface area contributed by atoms with Gasteiger partial charge in [0.25, 0.3) is 0 Å². The Morgan fingerprint density at radius 2 is 2.33 bits per heavy atom. The molecule has 1 aromatic heterocycles. The van der Waals surface area contributed by atoms with Crippen LogP contribution in [0.5, 0.6) is 0 Å². The van der Waals surface area contributed by atoms with Crippen molar-refractivity contribution in [2.24, 2.45) is 5.92 Å². The van der Waals surface area contributed by atoms with Crippen molar-refractivity contribution in [3.63, 3.8) is 0 Å². The molecule has 3 rings (SSSR count). The quantitative estimate of drug-likeness (QED) is 0.745. The standard InChI is InChI=1S/C17H17N3O/c1-11(18)14(7-12-3-2-6-19-9-12)16-10-20-17-5-4-13(21)8-15(16)17/h2-10,15,17-18,20-21H,1H3/b14-7+,18-11?. The van der Waals surface area contributed by atoms with E-state index in [4.69, 9.17) is 5.41 Å². The summed E-state index contributed by atoms with van der Waals surface area (Å²) in [6.45, 7) is 1.78. The number of allylic oxidation sites excluding steroid dienone is 2. The Hall–Kier alpha value is -2.62. The van der Waals surface area contributed by atoms with Gasteiger partial charge in [-0.05, 0) is 42.4 Å². The first-order chi connectivity index (χ1) is 10.1. The van der Waals surface area contributed by atoms with Crippen LogP contribution in [-0.2, 0) is 0 Å². The second-order valence-corrected chi connectivity index (χ2v) is 5.24. The van der Waals surface area contributed by atoms with E-state index in [1.165, 1.54) is 0 Å². The van der Waals surface area contributed by atoms with E-state index in [0.29, 0.717) is 5.71 Å². The van der Waals surface area contributed by atoms with Gasteiger partial charge < -0.3 is 15.8 Å². The van der Waals surface area contributed by atoms with Crippen LogP contribution < -0.4 is 5.32 Å². The van der Waals surface area contributed by atoms with Gasteiger partial charge >= 0.3 is 0 Å². The number of aliphatic hydroxyl groups is 1. The van der Waals surface area contributed by atoms with E-state index >= 15 is 0 Å². The predicted molar refractivity (Wildman–Crippen MR) is 84.0 cm³/mol. The van der Waals surface area contributed by atoms with Gasteiger partial charge in [-0.15, -0.1) is 0 Å². The van der Waals surface area contributed by atoms with Crippen LogP contribution in [0.25, 0.3) is 6.08 Å². The molecule has 3 N–H and O–H groups in total. The summed E-state index contributed by atoms with van der Waals surface area (Å²) in [5, 5.41) is 21.1. The summed E-state index contributed by atoms with van der Waals surface area (Å²) in [4.78, 5) is 4.10. The molecule has 1 aliphatic heterocycles. The maximum Gasteiger partial charge on any atom is 0.112 e. The number of nitrogens with one attached hydrogen (secondary N) is 2. The number of fused-ring (bicyclic) bond motifs is 1. The van der Waals surface area contributed by atoms with Crippen molar-refractivity contribution in [1.29, 1.82) is 5.41 Å². The second kappa shape index (κ2) is 5.40. The summed E-state index contributed by atoms with van der Waals surface area (Å²) in [5.74, 6) is 0.326. The first kappa shape index (κ1) is 13.4. The maximum absolute atomic E-state index is 9.72. The van der Waals surface area contributed by atoms with E-state index in [2.05, 4.69) is 10.3 Å². The zero-order valence-corrected chi connectivity index (χ0v) is 11.7. The average molecular weight is 279 g/mol. The molecule has 0 saturated heterocycles. The van der Waals surface area contributed by atoms with Gasteiger partial charge in [0, 0.05) is 35.8 Å². The molecule has 0 bridgehead atoms. The van der Waals surface area contributed by atoms with Crippen molar-refractivity contribution in [3.05, 3.63) is 71.4 Å². The van der Waals surface area contributed by atoms with Gasteiger partial charge in [-0.25, -0.2) is 0 Å². The molecular weight excluding hydrogens is 262 g/mol. The zero-order valence-electron chi connectivity index (χ0n) is 11.7. The minimum Gasteiger partial charge on any atom is -0.508 e. The zero-order chi connectivity index (χ0) is 14.8. The lowest BCUT2D eigenvalue weighted by molar-refractivity contribution is 0.417. The molecule has 21 heavy (non-hydrogen) atoms. The number of hydrogen-bond donors (Lipinski definition) is 3. The Morgan fingerprint density at radius 1 is 1.48 bits per heavy atom. The maximum atomic E-state index is 9.72. The van der Waals surface area contributed by atoms with Gasteiger partial charge in [0.05, 0.1) is 6.04 Å². The van der Waals surface area contributed by atoms with Crippen molar-refractivity contribution in [3.8, 4) is 0 Å². The molecule has 2 atom stereocenters. The highest BCUT2D eigenvalue weighted by atomic mass is 16.3. The van der Waals surface area contributed by atoms with Crippen LogP contribution in [0.3, 0.4) is 0 Å². The predicted octanol–water partition coefficient (Wildman–Crippen LogP) is 2.99. The molecule has 0 spiro atoms. The topological polar surface area (TPSA) is 69.0 Å². The van der Waals surface area contributed by atoms with E-state index in [0.717, 1.165) is 16.7 Å². The molecule has 2 unspecified atom stereocenters. The smallest absolute Gasteiger partial charge is 0.112 e. The fraction of sp³-hybridized carbons (Fsp3) is 0.176. The Kier molecular flexibility index (Phi) is 3.44. The van der Waals surface area contributed by atoms with Crippen LogP contribution in [0.2, 0.25) is 0 Å². The molecule has 0 radical (unpaired) electrons. The lowest BCUT2D eigenvalue weighted by Crippen LogP contribution is -2.26. The van der Waals surface area contributed by atoms with Gasteiger partial charge in [-0.3, -0.25) is 4.98 Å². The first-order valence-corrected chi connectivity index (χ1v) is 6.88. The molecule has 2 heterocycles. The molecule has 0 aromatic carbocycles. The first-order valence-electron chi connectivity index (χ1n) is 6.88. The Bertz CT molecular complexity index is 683. The van der Waals surface area contributed by atoms with E-state index in [1.54, 1.807) is 25.4 Å². The summed E-state index contributed by atoms with van der Waals surface area (Å²) < 4.78 is 0. The largest absolute Gasteiger partial charge is 0.508 e. The number of nitrogens with zero attached hydrogens (tertiary/aromatic N) is 1. The summed E-state index contributed by atoms with van der Waals surface area (Å²) >= 11 is 0. The lowest BCUT2D eigenvalue weighted by Gasteiger charge is -2.21. The molecular formula is C17H17N3O. The molecule has 0 fully saturated rings. The fourth-order valence-electron chi connectivity index (χ4n) is 2.68. The van der Waals surface area contributed by atoms with Crippen LogP contribution >= 0.6 is 0 Å². The normalized spacial score (nSPS) is 24.0. The Morgan fingerprint density at radius 3 is 3.05 bits per heavy atom. The minimum atomic E-state index is 0.0539. The van der Waals surface area contributed by atoms with Crippen LogP contribution in [0.15, 0.2) is 65.9 Å². The molecule has 2 aliphatic rings. The summed E-state index contributed by atoms with van der Waals surface area (Å²) in [6, 6.07) is 3.99. The van der Waals surface area contributed by atoms with Crippen molar-refractivity contribution in [1.82, 2.24) is 10.3 Å². The molecule has 0 saturated carbocycles. The minimum absolute atomic E-state index is 0.0539. The fourth-order valence-corrected chi connectivity index (χ4v) is 2.68. The van der Waals surface area contributed by atoms with Crippen molar-refractivity contribution >= 4 is 11.8 Å². The van der Waals surface area contributed by atoms with Gasteiger partial charge in [0.2, 0.25) is 0 Å². The van der Waals surface area contributed by atoms with E-state index in [9.17, 15) is 5.11 Å². The molecule has 0 amide bonds. The highest BCUT2D eigenvalue weighted by molar-refractivity contribution is 6.04. The van der Waals surface area contributed by atoms with E-state index in [1.807, 2.05) is 36.6 Å². The van der Waals surface area contributed by atoms with Gasteiger partial charge in [0.1, 0.15) is 5.76 Å². The van der Waals surface area contributed by atoms with Gasteiger partial charge in [-0.1, -0.05) is 12.1 Å². The van der Waals surface area contributed by atoms with Crippen molar-refractivity contribution in [2.75, 3.05) is 0 Å². The van der Waals surface area contributed by atoms with Crippen molar-refractivity contribution in [2.45, 2.75) is 13.0 Å². The van der Waals surface area contributed by atoms with Crippen LogP contribution in [0.1, 0.15) is 12.5 Å². The third-order valence-corrected chi connectivity index (χ3v) is 3.71. The van der Waals surface area contributed by atoms with Crippen LogP contribution in [0.4, 0.5) is 0 Å². The number of rotatable bonds is 3. The SMILES string of the molecule is CC(=N)/C(=C\c1cccnc1)C1=CNC2C=CC(O)=CC12. The monoisotopic (exact) mass is 279 g/mol. The van der Waals surface area contributed by atoms with Crippen LogP contribution in [-0.4, -0.2) is 21.8 Å². The Labute approximate surface area is 123 Å². The molecule has 106 valence electrons. The van der Waals surface area contributed by atoms with Gasteiger partial charge in [-0.2, -0.15) is 0 Å². The van der Waals surface area contributed by atoms with E-state index in [-0.39, 0.29) is 17.7 Å². The summed E-state index contributed by atoms with van der Waals surface area (Å²) in [7, 11) is 0. The number of aromatic nitrogens is 1.